The number of rotatable bonds is 5. The minimum atomic E-state index is 0.0225. The molecule has 1 aromatic heterocycles. The normalized spacial score (nSPS) is 10.5. The van der Waals surface area contributed by atoms with Gasteiger partial charge in [-0.2, -0.15) is 0 Å². The van der Waals surface area contributed by atoms with E-state index in [1.165, 1.54) is 0 Å². The molecule has 0 unspecified atom stereocenters. The summed E-state index contributed by atoms with van der Waals surface area (Å²) in [6.07, 6.45) is 4.10. The number of aromatic nitrogens is 1. The molecule has 0 radical (unpaired) electrons. The van der Waals surface area contributed by atoms with Crippen LogP contribution in [0.4, 0.5) is 0 Å². The number of amides is 1. The van der Waals surface area contributed by atoms with E-state index in [1.807, 2.05) is 12.1 Å². The van der Waals surface area contributed by atoms with E-state index in [0.29, 0.717) is 19.0 Å². The SMILES string of the molecule is CC(C)NCCC(=O)Nn1cccc1. The first-order valence-corrected chi connectivity index (χ1v) is 4.84. The standard InChI is InChI=1S/C10H17N3O/c1-9(2)11-6-5-10(14)12-13-7-3-4-8-13/h3-4,7-9,11H,5-6H2,1-2H3,(H,12,14). The minimum Gasteiger partial charge on any atom is -0.314 e. The van der Waals surface area contributed by atoms with E-state index >= 15 is 0 Å². The Morgan fingerprint density at radius 3 is 2.57 bits per heavy atom. The highest BCUT2D eigenvalue weighted by molar-refractivity contribution is 5.83. The van der Waals surface area contributed by atoms with Gasteiger partial charge >= 0.3 is 0 Å². The fourth-order valence-electron chi connectivity index (χ4n) is 1.08. The summed E-state index contributed by atoms with van der Waals surface area (Å²) in [7, 11) is 0. The van der Waals surface area contributed by atoms with Gasteiger partial charge < -0.3 is 5.32 Å². The van der Waals surface area contributed by atoms with Crippen molar-refractivity contribution in [1.29, 1.82) is 0 Å². The maximum Gasteiger partial charge on any atom is 0.240 e. The highest BCUT2D eigenvalue weighted by Gasteiger charge is 2.00. The Balaban J connectivity index is 2.17. The van der Waals surface area contributed by atoms with Crippen molar-refractivity contribution in [2.24, 2.45) is 0 Å². The van der Waals surface area contributed by atoms with Crippen molar-refractivity contribution in [3.8, 4) is 0 Å². The zero-order chi connectivity index (χ0) is 10.4. The molecule has 1 rings (SSSR count). The molecular formula is C10H17N3O. The average Bonchev–Trinajstić information content (AvgIpc) is 2.56. The molecule has 78 valence electrons. The molecule has 0 aliphatic carbocycles. The van der Waals surface area contributed by atoms with Crippen molar-refractivity contribution in [2.75, 3.05) is 12.0 Å². The first-order valence-electron chi connectivity index (χ1n) is 4.84. The van der Waals surface area contributed by atoms with Crippen molar-refractivity contribution in [3.63, 3.8) is 0 Å². The number of hydrogen-bond acceptors (Lipinski definition) is 2. The molecule has 0 saturated carbocycles. The zero-order valence-corrected chi connectivity index (χ0v) is 8.66. The smallest absolute Gasteiger partial charge is 0.240 e. The van der Waals surface area contributed by atoms with Crippen molar-refractivity contribution < 1.29 is 4.79 Å². The molecule has 0 aromatic carbocycles. The van der Waals surface area contributed by atoms with Gasteiger partial charge in [-0.3, -0.25) is 14.9 Å². The molecule has 2 N–H and O–H groups in total. The fraction of sp³-hybridized carbons (Fsp3) is 0.500. The number of nitrogens with zero attached hydrogens (tertiary/aromatic N) is 1. The van der Waals surface area contributed by atoms with Crippen LogP contribution in [0.15, 0.2) is 24.5 Å². The fourth-order valence-corrected chi connectivity index (χ4v) is 1.08. The van der Waals surface area contributed by atoms with E-state index in [2.05, 4.69) is 24.6 Å². The zero-order valence-electron chi connectivity index (χ0n) is 8.66. The van der Waals surface area contributed by atoms with Crippen LogP contribution in [0.5, 0.6) is 0 Å². The van der Waals surface area contributed by atoms with Crippen molar-refractivity contribution in [2.45, 2.75) is 26.3 Å². The quantitative estimate of drug-likeness (QED) is 0.734. The molecule has 0 aliphatic rings. The first-order chi connectivity index (χ1) is 6.68. The number of nitrogens with one attached hydrogen (secondary N) is 2. The third kappa shape index (κ3) is 4.09. The second-order valence-corrected chi connectivity index (χ2v) is 3.48. The van der Waals surface area contributed by atoms with Gasteiger partial charge in [0.15, 0.2) is 0 Å². The molecule has 0 saturated heterocycles. The first kappa shape index (κ1) is 10.8. The topological polar surface area (TPSA) is 46.1 Å². The Morgan fingerprint density at radius 1 is 1.36 bits per heavy atom. The molecule has 4 heteroatoms. The average molecular weight is 195 g/mol. The molecule has 0 fully saturated rings. The van der Waals surface area contributed by atoms with Crippen LogP contribution in [0.1, 0.15) is 20.3 Å². The van der Waals surface area contributed by atoms with E-state index in [4.69, 9.17) is 0 Å². The number of carbonyl (C=O) groups is 1. The largest absolute Gasteiger partial charge is 0.314 e. The Bertz CT molecular complexity index is 267. The van der Waals surface area contributed by atoms with Crippen LogP contribution in [-0.4, -0.2) is 23.2 Å². The Morgan fingerprint density at radius 2 is 2.00 bits per heavy atom. The molecular weight excluding hydrogens is 178 g/mol. The third-order valence-corrected chi connectivity index (χ3v) is 1.76. The van der Waals surface area contributed by atoms with E-state index in [9.17, 15) is 4.79 Å². The van der Waals surface area contributed by atoms with Crippen LogP contribution >= 0.6 is 0 Å². The van der Waals surface area contributed by atoms with E-state index < -0.39 is 0 Å². The van der Waals surface area contributed by atoms with Gasteiger partial charge in [-0.05, 0) is 12.1 Å². The Hall–Kier alpha value is -1.29. The number of hydrogen-bond donors (Lipinski definition) is 2. The molecule has 4 nitrogen and oxygen atoms in total. The predicted octanol–water partition coefficient (Wildman–Crippen LogP) is 0.946. The summed E-state index contributed by atoms with van der Waals surface area (Å²) < 4.78 is 1.65. The van der Waals surface area contributed by atoms with Gasteiger partial charge in [-0.15, -0.1) is 0 Å². The molecule has 1 amide bonds. The molecule has 0 spiro atoms. The van der Waals surface area contributed by atoms with Crippen LogP contribution < -0.4 is 10.7 Å². The molecule has 14 heavy (non-hydrogen) atoms. The van der Waals surface area contributed by atoms with E-state index in [1.54, 1.807) is 17.1 Å². The summed E-state index contributed by atoms with van der Waals surface area (Å²) in [5.41, 5.74) is 2.73. The van der Waals surface area contributed by atoms with Gasteiger partial charge in [0.1, 0.15) is 0 Å². The molecule has 1 aromatic rings. The summed E-state index contributed by atoms with van der Waals surface area (Å²) in [4.78, 5) is 11.3. The molecule has 0 atom stereocenters. The van der Waals surface area contributed by atoms with Crippen LogP contribution in [0.3, 0.4) is 0 Å². The van der Waals surface area contributed by atoms with Gasteiger partial charge in [0.05, 0.1) is 0 Å². The van der Waals surface area contributed by atoms with Crippen molar-refractivity contribution in [1.82, 2.24) is 9.99 Å². The lowest BCUT2D eigenvalue weighted by molar-refractivity contribution is -0.117. The van der Waals surface area contributed by atoms with Gasteiger partial charge in [-0.25, -0.2) is 0 Å². The van der Waals surface area contributed by atoms with Crippen molar-refractivity contribution >= 4 is 5.91 Å². The van der Waals surface area contributed by atoms with Crippen LogP contribution in [0.25, 0.3) is 0 Å². The van der Waals surface area contributed by atoms with Crippen LogP contribution in [0.2, 0.25) is 0 Å². The minimum absolute atomic E-state index is 0.0225. The van der Waals surface area contributed by atoms with Gasteiger partial charge in [0.25, 0.3) is 0 Å². The second-order valence-electron chi connectivity index (χ2n) is 3.48. The van der Waals surface area contributed by atoms with Crippen molar-refractivity contribution in [3.05, 3.63) is 24.5 Å². The monoisotopic (exact) mass is 195 g/mol. The highest BCUT2D eigenvalue weighted by atomic mass is 16.2. The maximum atomic E-state index is 11.3. The maximum absolute atomic E-state index is 11.3. The highest BCUT2D eigenvalue weighted by Crippen LogP contribution is 1.87. The molecule has 0 bridgehead atoms. The predicted molar refractivity (Wildman–Crippen MR) is 56.6 cm³/mol. The second kappa shape index (κ2) is 5.44. The summed E-state index contributed by atoms with van der Waals surface area (Å²) in [6, 6.07) is 4.16. The van der Waals surface area contributed by atoms with Gasteiger partial charge in [-0.1, -0.05) is 13.8 Å². The lowest BCUT2D eigenvalue weighted by Crippen LogP contribution is -2.29. The Labute approximate surface area is 84.3 Å². The summed E-state index contributed by atoms with van der Waals surface area (Å²) >= 11 is 0. The third-order valence-electron chi connectivity index (χ3n) is 1.76. The summed E-state index contributed by atoms with van der Waals surface area (Å²) in [6.45, 7) is 4.83. The lowest BCUT2D eigenvalue weighted by atomic mass is 10.3. The summed E-state index contributed by atoms with van der Waals surface area (Å²) in [5, 5.41) is 3.19. The lowest BCUT2D eigenvalue weighted by Gasteiger charge is -2.08. The molecule has 0 aliphatic heterocycles. The van der Waals surface area contributed by atoms with Crippen LogP contribution in [-0.2, 0) is 4.79 Å². The Kier molecular flexibility index (Phi) is 4.19. The van der Waals surface area contributed by atoms with Crippen LogP contribution in [0, 0.1) is 0 Å². The molecule has 1 heterocycles. The van der Waals surface area contributed by atoms with E-state index in [-0.39, 0.29) is 5.91 Å². The number of carbonyl (C=O) groups excluding carboxylic acids is 1. The van der Waals surface area contributed by atoms with Gasteiger partial charge in [0.2, 0.25) is 5.91 Å². The van der Waals surface area contributed by atoms with Gasteiger partial charge in [0, 0.05) is 31.4 Å². The van der Waals surface area contributed by atoms with E-state index in [0.717, 1.165) is 0 Å². The summed E-state index contributed by atoms with van der Waals surface area (Å²) in [5.74, 6) is 0.0225.